The molecule has 1 fully saturated rings. The lowest BCUT2D eigenvalue weighted by molar-refractivity contribution is 0.0277. The van der Waals surface area contributed by atoms with E-state index in [9.17, 15) is 4.79 Å². The Hall–Kier alpha value is -1.46. The monoisotopic (exact) mass is 350 g/mol. The van der Waals surface area contributed by atoms with Crippen LogP contribution >= 0.6 is 23.2 Å². The van der Waals surface area contributed by atoms with Crippen LogP contribution in [0.5, 0.6) is 0 Å². The fourth-order valence-electron chi connectivity index (χ4n) is 2.54. The van der Waals surface area contributed by atoms with Crippen molar-refractivity contribution in [2.75, 3.05) is 19.7 Å². The van der Waals surface area contributed by atoms with Gasteiger partial charge in [0.05, 0.1) is 12.7 Å². The predicted molar refractivity (Wildman–Crippen MR) is 90.3 cm³/mol. The van der Waals surface area contributed by atoms with Gasteiger partial charge in [-0.2, -0.15) is 0 Å². The van der Waals surface area contributed by atoms with Gasteiger partial charge in [-0.05, 0) is 23.3 Å². The number of aromatic nitrogens is 1. The number of pyridine rings is 1. The van der Waals surface area contributed by atoms with Crippen LogP contribution in [0.1, 0.15) is 27.6 Å². The van der Waals surface area contributed by atoms with Crippen LogP contribution in [-0.2, 0) is 11.2 Å². The lowest BCUT2D eigenvalue weighted by atomic mass is 10.0. The van der Waals surface area contributed by atoms with E-state index in [-0.39, 0.29) is 22.2 Å². The summed E-state index contributed by atoms with van der Waals surface area (Å²) < 4.78 is 5.71. The Labute approximate surface area is 144 Å². The van der Waals surface area contributed by atoms with E-state index in [2.05, 4.69) is 10.3 Å². The summed E-state index contributed by atoms with van der Waals surface area (Å²) in [5.74, 6) is -0.0421. The number of carbonyl (C=O) groups is 1. The molecule has 4 nitrogen and oxygen atoms in total. The molecule has 1 atom stereocenters. The third-order valence-corrected chi connectivity index (χ3v) is 4.12. The number of carbonyl (C=O) groups excluding carboxylic acids is 1. The molecule has 6 heteroatoms. The molecule has 0 saturated carbocycles. The predicted octanol–water partition coefficient (Wildman–Crippen LogP) is 3.47. The maximum atomic E-state index is 12.3. The molecule has 1 N–H and O–H groups in total. The molecule has 3 rings (SSSR count). The van der Waals surface area contributed by atoms with E-state index < -0.39 is 0 Å². The number of ether oxygens (including phenoxy) is 1. The van der Waals surface area contributed by atoms with Gasteiger partial charge in [0.1, 0.15) is 10.3 Å². The maximum absolute atomic E-state index is 12.3. The van der Waals surface area contributed by atoms with E-state index in [0.29, 0.717) is 18.6 Å². The number of nitrogens with zero attached hydrogens (tertiary/aromatic N) is 1. The second kappa shape index (κ2) is 7.41. The lowest BCUT2D eigenvalue weighted by Crippen LogP contribution is -2.33. The van der Waals surface area contributed by atoms with E-state index in [1.165, 1.54) is 12.1 Å². The zero-order valence-corrected chi connectivity index (χ0v) is 13.9. The Morgan fingerprint density at radius 3 is 2.52 bits per heavy atom. The molecule has 1 aliphatic rings. The van der Waals surface area contributed by atoms with Crippen LogP contribution in [0.2, 0.25) is 10.3 Å². The molecule has 1 saturated heterocycles. The van der Waals surface area contributed by atoms with Crippen molar-refractivity contribution >= 4 is 29.0 Å². The van der Waals surface area contributed by atoms with Crippen LogP contribution in [0, 0.1) is 0 Å². The zero-order valence-electron chi connectivity index (χ0n) is 12.4. The summed E-state index contributed by atoms with van der Waals surface area (Å²) in [6.07, 6.45) is 0.368. The van der Waals surface area contributed by atoms with Crippen LogP contribution < -0.4 is 5.32 Å². The molecule has 0 spiro atoms. The van der Waals surface area contributed by atoms with E-state index >= 15 is 0 Å². The molecule has 120 valence electrons. The van der Waals surface area contributed by atoms with E-state index in [1.807, 2.05) is 24.3 Å². The Kier molecular flexibility index (Phi) is 5.28. The van der Waals surface area contributed by atoms with Crippen LogP contribution in [0.3, 0.4) is 0 Å². The Morgan fingerprint density at radius 2 is 1.91 bits per heavy atom. The minimum absolute atomic E-state index is 0.0421. The highest BCUT2D eigenvalue weighted by atomic mass is 35.5. The van der Waals surface area contributed by atoms with Gasteiger partial charge in [0.15, 0.2) is 5.78 Å². The number of rotatable bonds is 4. The minimum atomic E-state index is -0.0421. The van der Waals surface area contributed by atoms with E-state index in [0.717, 1.165) is 24.2 Å². The Balaban J connectivity index is 1.68. The van der Waals surface area contributed by atoms with Crippen molar-refractivity contribution < 1.29 is 9.53 Å². The van der Waals surface area contributed by atoms with Crippen molar-refractivity contribution in [2.24, 2.45) is 0 Å². The number of Topliss-reactive ketones (excluding diaryl/α,β-unsaturated/α-hetero) is 1. The molecule has 1 aromatic heterocycles. The zero-order chi connectivity index (χ0) is 16.2. The standard InChI is InChI=1S/C17H16Cl2N2O2/c18-16-8-13(9-17(19)21-16)14(22)7-11-1-3-12(4-2-11)15-10-20-5-6-23-15/h1-4,8-9,15,20H,5-7,10H2/t15-/m0/s1. The summed E-state index contributed by atoms with van der Waals surface area (Å²) in [6, 6.07) is 11.0. The minimum Gasteiger partial charge on any atom is -0.371 e. The number of halogens is 2. The number of benzene rings is 1. The summed E-state index contributed by atoms with van der Waals surface area (Å²) in [4.78, 5) is 16.2. The number of nitrogens with one attached hydrogen (secondary N) is 1. The van der Waals surface area contributed by atoms with Gasteiger partial charge in [0.25, 0.3) is 0 Å². The average molecular weight is 351 g/mol. The van der Waals surface area contributed by atoms with Gasteiger partial charge in [-0.1, -0.05) is 47.5 Å². The first-order valence-corrected chi connectivity index (χ1v) is 8.15. The second-order valence-corrected chi connectivity index (χ2v) is 6.18. The number of hydrogen-bond acceptors (Lipinski definition) is 4. The molecule has 23 heavy (non-hydrogen) atoms. The first-order valence-electron chi connectivity index (χ1n) is 7.39. The molecular weight excluding hydrogens is 335 g/mol. The number of morpholine rings is 1. The van der Waals surface area contributed by atoms with Crippen molar-refractivity contribution in [3.05, 3.63) is 63.4 Å². The van der Waals surface area contributed by atoms with E-state index in [4.69, 9.17) is 27.9 Å². The molecule has 0 bridgehead atoms. The summed E-state index contributed by atoms with van der Waals surface area (Å²) in [5, 5.41) is 3.74. The molecule has 2 heterocycles. The van der Waals surface area contributed by atoms with Crippen molar-refractivity contribution in [2.45, 2.75) is 12.5 Å². The smallest absolute Gasteiger partial charge is 0.167 e. The third-order valence-electron chi connectivity index (χ3n) is 3.73. The highest BCUT2D eigenvalue weighted by molar-refractivity contribution is 6.33. The maximum Gasteiger partial charge on any atom is 0.167 e. The van der Waals surface area contributed by atoms with Gasteiger partial charge in [-0.25, -0.2) is 4.98 Å². The summed E-state index contributed by atoms with van der Waals surface area (Å²) in [6.45, 7) is 2.42. The molecule has 1 aromatic carbocycles. The third kappa shape index (κ3) is 4.30. The van der Waals surface area contributed by atoms with Crippen molar-refractivity contribution in [3.63, 3.8) is 0 Å². The molecule has 1 aliphatic heterocycles. The van der Waals surface area contributed by atoms with Crippen LogP contribution in [0.25, 0.3) is 0 Å². The molecule has 0 radical (unpaired) electrons. The van der Waals surface area contributed by atoms with Gasteiger partial charge in [-0.15, -0.1) is 0 Å². The van der Waals surface area contributed by atoms with Gasteiger partial charge < -0.3 is 10.1 Å². The SMILES string of the molecule is O=C(Cc1ccc([C@@H]2CNCCO2)cc1)c1cc(Cl)nc(Cl)c1. The van der Waals surface area contributed by atoms with Crippen LogP contribution in [-0.4, -0.2) is 30.5 Å². The molecule has 0 unspecified atom stereocenters. The van der Waals surface area contributed by atoms with Crippen LogP contribution in [0.15, 0.2) is 36.4 Å². The largest absolute Gasteiger partial charge is 0.371 e. The van der Waals surface area contributed by atoms with Crippen molar-refractivity contribution in [1.29, 1.82) is 0 Å². The van der Waals surface area contributed by atoms with Crippen molar-refractivity contribution in [1.82, 2.24) is 10.3 Å². The number of ketones is 1. The quantitative estimate of drug-likeness (QED) is 0.677. The molecule has 0 amide bonds. The second-order valence-electron chi connectivity index (χ2n) is 5.41. The summed E-state index contributed by atoms with van der Waals surface area (Å²) >= 11 is 11.7. The average Bonchev–Trinajstić information content (AvgIpc) is 2.55. The lowest BCUT2D eigenvalue weighted by Gasteiger charge is -2.24. The summed E-state index contributed by atoms with van der Waals surface area (Å²) in [5.41, 5.74) is 2.52. The summed E-state index contributed by atoms with van der Waals surface area (Å²) in [7, 11) is 0. The van der Waals surface area contributed by atoms with Gasteiger partial charge >= 0.3 is 0 Å². The Bertz CT molecular complexity index is 678. The fourth-order valence-corrected chi connectivity index (χ4v) is 3.00. The fraction of sp³-hybridized carbons (Fsp3) is 0.294. The van der Waals surface area contributed by atoms with Crippen molar-refractivity contribution in [3.8, 4) is 0 Å². The van der Waals surface area contributed by atoms with E-state index in [1.54, 1.807) is 0 Å². The van der Waals surface area contributed by atoms with Gasteiger partial charge in [-0.3, -0.25) is 4.79 Å². The topological polar surface area (TPSA) is 51.2 Å². The highest BCUT2D eigenvalue weighted by Crippen LogP contribution is 2.20. The number of hydrogen-bond donors (Lipinski definition) is 1. The Morgan fingerprint density at radius 1 is 1.22 bits per heavy atom. The highest BCUT2D eigenvalue weighted by Gasteiger charge is 2.16. The molecule has 2 aromatic rings. The molecular formula is C17H16Cl2N2O2. The first kappa shape index (κ1) is 16.4. The van der Waals surface area contributed by atoms with Gasteiger partial charge in [0.2, 0.25) is 0 Å². The first-order chi connectivity index (χ1) is 11.1. The van der Waals surface area contributed by atoms with Crippen LogP contribution in [0.4, 0.5) is 0 Å². The molecule has 0 aliphatic carbocycles. The normalized spacial score (nSPS) is 17.9. The van der Waals surface area contributed by atoms with Gasteiger partial charge in [0, 0.05) is 25.1 Å².